The summed E-state index contributed by atoms with van der Waals surface area (Å²) in [4.78, 5) is 2.64. The standard InChI is InChI=1S/C17H27BrN2/c1-12(2)10-11-20(14-8-9-14)17(13(3)19)15-6-4-5-7-16(15)18/h4-7,12-14,17H,8-11,19H2,1-3H3. The van der Waals surface area contributed by atoms with Crippen molar-refractivity contribution in [2.24, 2.45) is 11.7 Å². The SMILES string of the molecule is CC(C)CCN(C1CC1)C(c1ccccc1Br)C(C)N. The fourth-order valence-corrected chi connectivity index (χ4v) is 3.36. The van der Waals surface area contributed by atoms with Crippen molar-refractivity contribution in [2.75, 3.05) is 6.54 Å². The van der Waals surface area contributed by atoms with Gasteiger partial charge in [-0.1, -0.05) is 48.0 Å². The van der Waals surface area contributed by atoms with Crippen LogP contribution in [0.25, 0.3) is 0 Å². The van der Waals surface area contributed by atoms with Crippen molar-refractivity contribution in [3.05, 3.63) is 34.3 Å². The van der Waals surface area contributed by atoms with E-state index in [1.165, 1.54) is 29.3 Å². The van der Waals surface area contributed by atoms with Crippen LogP contribution in [0.2, 0.25) is 0 Å². The van der Waals surface area contributed by atoms with Crippen LogP contribution in [-0.2, 0) is 0 Å². The summed E-state index contributed by atoms with van der Waals surface area (Å²) in [5.74, 6) is 0.740. The van der Waals surface area contributed by atoms with E-state index < -0.39 is 0 Å². The van der Waals surface area contributed by atoms with Crippen molar-refractivity contribution in [2.45, 2.75) is 58.2 Å². The highest BCUT2D eigenvalue weighted by atomic mass is 79.9. The molecular formula is C17H27BrN2. The van der Waals surface area contributed by atoms with Crippen LogP contribution in [0.1, 0.15) is 51.6 Å². The van der Waals surface area contributed by atoms with Gasteiger partial charge in [-0.3, -0.25) is 4.90 Å². The summed E-state index contributed by atoms with van der Waals surface area (Å²) in [6, 6.07) is 9.71. The molecule has 1 aromatic carbocycles. The summed E-state index contributed by atoms with van der Waals surface area (Å²) in [6.07, 6.45) is 3.89. The van der Waals surface area contributed by atoms with Crippen LogP contribution < -0.4 is 5.73 Å². The third kappa shape index (κ3) is 4.06. The van der Waals surface area contributed by atoms with E-state index in [4.69, 9.17) is 5.73 Å². The minimum absolute atomic E-state index is 0.140. The molecule has 2 N–H and O–H groups in total. The molecular weight excluding hydrogens is 312 g/mol. The summed E-state index contributed by atoms with van der Waals surface area (Å²) < 4.78 is 1.18. The lowest BCUT2D eigenvalue weighted by Gasteiger charge is -2.36. The molecule has 0 aliphatic heterocycles. The molecule has 1 aliphatic carbocycles. The smallest absolute Gasteiger partial charge is 0.0510 e. The number of hydrogen-bond acceptors (Lipinski definition) is 2. The normalized spacial score (nSPS) is 18.6. The Morgan fingerprint density at radius 1 is 1.25 bits per heavy atom. The van der Waals surface area contributed by atoms with Gasteiger partial charge in [-0.2, -0.15) is 0 Å². The van der Waals surface area contributed by atoms with Gasteiger partial charge in [-0.25, -0.2) is 0 Å². The van der Waals surface area contributed by atoms with Gasteiger partial charge in [-0.15, -0.1) is 0 Å². The van der Waals surface area contributed by atoms with Gasteiger partial charge >= 0.3 is 0 Å². The van der Waals surface area contributed by atoms with Gasteiger partial charge in [-0.05, 0) is 50.3 Å². The van der Waals surface area contributed by atoms with E-state index in [1.807, 2.05) is 0 Å². The Morgan fingerprint density at radius 3 is 2.40 bits per heavy atom. The maximum absolute atomic E-state index is 6.35. The Labute approximate surface area is 131 Å². The molecule has 3 heteroatoms. The first-order chi connectivity index (χ1) is 9.50. The lowest BCUT2D eigenvalue weighted by atomic mass is 9.98. The Balaban J connectivity index is 2.23. The summed E-state index contributed by atoms with van der Waals surface area (Å²) >= 11 is 3.70. The van der Waals surface area contributed by atoms with E-state index in [9.17, 15) is 0 Å². The molecule has 0 bridgehead atoms. The predicted molar refractivity (Wildman–Crippen MR) is 89.7 cm³/mol. The molecule has 112 valence electrons. The predicted octanol–water partition coefficient (Wildman–Crippen LogP) is 4.35. The van der Waals surface area contributed by atoms with Crippen LogP contribution in [0.5, 0.6) is 0 Å². The van der Waals surface area contributed by atoms with Crippen molar-refractivity contribution in [1.29, 1.82) is 0 Å². The Morgan fingerprint density at radius 2 is 1.90 bits per heavy atom. The molecule has 1 aromatic rings. The first-order valence-electron chi connectivity index (χ1n) is 7.76. The van der Waals surface area contributed by atoms with Crippen molar-refractivity contribution in [3.8, 4) is 0 Å². The number of nitrogens with zero attached hydrogens (tertiary/aromatic N) is 1. The molecule has 20 heavy (non-hydrogen) atoms. The maximum atomic E-state index is 6.35. The van der Waals surface area contributed by atoms with E-state index in [0.717, 1.165) is 18.5 Å². The van der Waals surface area contributed by atoms with Crippen molar-refractivity contribution in [3.63, 3.8) is 0 Å². The monoisotopic (exact) mass is 338 g/mol. The molecule has 2 atom stereocenters. The molecule has 0 heterocycles. The zero-order valence-corrected chi connectivity index (χ0v) is 14.4. The molecule has 1 saturated carbocycles. The molecule has 0 radical (unpaired) electrons. The molecule has 2 nitrogen and oxygen atoms in total. The van der Waals surface area contributed by atoms with E-state index in [0.29, 0.717) is 6.04 Å². The second-order valence-corrected chi connectivity index (χ2v) is 7.33. The van der Waals surface area contributed by atoms with Crippen LogP contribution in [0.15, 0.2) is 28.7 Å². The quantitative estimate of drug-likeness (QED) is 0.800. The average Bonchev–Trinajstić information content (AvgIpc) is 3.19. The first-order valence-corrected chi connectivity index (χ1v) is 8.55. The van der Waals surface area contributed by atoms with Gasteiger partial charge < -0.3 is 5.73 Å². The fraction of sp³-hybridized carbons (Fsp3) is 0.647. The van der Waals surface area contributed by atoms with Gasteiger partial charge in [0.2, 0.25) is 0 Å². The Kier molecular flexibility index (Phi) is 5.65. The van der Waals surface area contributed by atoms with E-state index in [-0.39, 0.29) is 6.04 Å². The maximum Gasteiger partial charge on any atom is 0.0510 e. The average molecular weight is 339 g/mol. The van der Waals surface area contributed by atoms with Gasteiger partial charge in [0.1, 0.15) is 0 Å². The highest BCUT2D eigenvalue weighted by Crippen LogP contribution is 2.38. The highest BCUT2D eigenvalue weighted by molar-refractivity contribution is 9.10. The zero-order chi connectivity index (χ0) is 14.7. The number of rotatable bonds is 7. The van der Waals surface area contributed by atoms with Crippen LogP contribution in [0.3, 0.4) is 0 Å². The minimum atomic E-state index is 0.140. The third-order valence-corrected chi connectivity index (χ3v) is 4.78. The topological polar surface area (TPSA) is 29.3 Å². The highest BCUT2D eigenvalue weighted by Gasteiger charge is 2.36. The van der Waals surface area contributed by atoms with Gasteiger partial charge in [0.25, 0.3) is 0 Å². The van der Waals surface area contributed by atoms with E-state index in [2.05, 4.69) is 65.9 Å². The molecule has 0 amide bonds. The molecule has 1 fully saturated rings. The second-order valence-electron chi connectivity index (χ2n) is 6.48. The van der Waals surface area contributed by atoms with Crippen molar-refractivity contribution >= 4 is 15.9 Å². The van der Waals surface area contributed by atoms with Crippen molar-refractivity contribution < 1.29 is 0 Å². The number of hydrogen-bond donors (Lipinski definition) is 1. The Bertz CT molecular complexity index is 427. The van der Waals surface area contributed by atoms with Gasteiger partial charge in [0.05, 0.1) is 6.04 Å². The molecule has 0 saturated heterocycles. The minimum Gasteiger partial charge on any atom is -0.326 e. The molecule has 0 spiro atoms. The lowest BCUT2D eigenvalue weighted by Crippen LogP contribution is -2.41. The number of benzene rings is 1. The van der Waals surface area contributed by atoms with Crippen LogP contribution in [0, 0.1) is 5.92 Å². The van der Waals surface area contributed by atoms with Gasteiger partial charge in [0.15, 0.2) is 0 Å². The summed E-state index contributed by atoms with van der Waals surface area (Å²) in [5, 5.41) is 0. The first kappa shape index (κ1) is 16.0. The molecule has 0 aromatic heterocycles. The molecule has 2 unspecified atom stereocenters. The number of nitrogens with two attached hydrogens (primary N) is 1. The van der Waals surface area contributed by atoms with Crippen LogP contribution >= 0.6 is 15.9 Å². The van der Waals surface area contributed by atoms with Crippen LogP contribution in [0.4, 0.5) is 0 Å². The largest absolute Gasteiger partial charge is 0.326 e. The van der Waals surface area contributed by atoms with Crippen molar-refractivity contribution in [1.82, 2.24) is 4.90 Å². The van der Waals surface area contributed by atoms with Crippen LogP contribution in [-0.4, -0.2) is 23.5 Å². The molecule has 2 rings (SSSR count). The molecule has 1 aliphatic rings. The fourth-order valence-electron chi connectivity index (χ4n) is 2.84. The second kappa shape index (κ2) is 7.06. The number of halogens is 1. The van der Waals surface area contributed by atoms with Gasteiger partial charge in [0, 0.05) is 16.6 Å². The van der Waals surface area contributed by atoms with E-state index in [1.54, 1.807) is 0 Å². The zero-order valence-electron chi connectivity index (χ0n) is 12.8. The summed E-state index contributed by atoms with van der Waals surface area (Å²) in [5.41, 5.74) is 7.68. The van der Waals surface area contributed by atoms with E-state index >= 15 is 0 Å². The summed E-state index contributed by atoms with van der Waals surface area (Å²) in [7, 11) is 0. The Hall–Kier alpha value is -0.380. The lowest BCUT2D eigenvalue weighted by molar-refractivity contribution is 0.157. The third-order valence-electron chi connectivity index (χ3n) is 4.06. The summed E-state index contributed by atoms with van der Waals surface area (Å²) in [6.45, 7) is 7.87.